The van der Waals surface area contributed by atoms with Crippen LogP contribution in [-0.2, 0) is 0 Å². The lowest BCUT2D eigenvalue weighted by Gasteiger charge is -2.19. The summed E-state index contributed by atoms with van der Waals surface area (Å²) in [6.45, 7) is 0. The molecule has 88 valence electrons. The van der Waals surface area contributed by atoms with Crippen molar-refractivity contribution in [1.82, 2.24) is 5.32 Å². The fourth-order valence-corrected chi connectivity index (χ4v) is 2.80. The molecule has 2 bridgehead atoms. The molecule has 1 aromatic carbocycles. The van der Waals surface area contributed by atoms with Gasteiger partial charge in [-0.1, -0.05) is 30.4 Å². The minimum Gasteiger partial charge on any atom is -0.335 e. The highest BCUT2D eigenvalue weighted by Gasteiger charge is 2.36. The Morgan fingerprint density at radius 3 is 2.59 bits per heavy atom. The number of allylic oxidation sites excluding steroid dienone is 1. The van der Waals surface area contributed by atoms with E-state index in [1.165, 1.54) is 6.42 Å². The minimum absolute atomic E-state index is 0.0952. The maximum Gasteiger partial charge on any atom is 0.319 e. The van der Waals surface area contributed by atoms with Crippen LogP contribution in [0.4, 0.5) is 10.5 Å². The molecule has 0 heterocycles. The molecule has 0 spiro atoms. The number of amides is 2. The van der Waals surface area contributed by atoms with Crippen LogP contribution in [0.1, 0.15) is 12.8 Å². The number of carbonyl (C=O) groups is 1. The lowest BCUT2D eigenvalue weighted by molar-refractivity contribution is 0.246. The lowest BCUT2D eigenvalue weighted by Crippen LogP contribution is -2.40. The van der Waals surface area contributed by atoms with E-state index in [-0.39, 0.29) is 6.03 Å². The second-order valence-electron chi connectivity index (χ2n) is 4.85. The number of anilines is 1. The summed E-state index contributed by atoms with van der Waals surface area (Å²) < 4.78 is 0. The second kappa shape index (κ2) is 4.24. The Hall–Kier alpha value is -1.77. The molecule has 3 heteroatoms. The number of hydrogen-bond acceptors (Lipinski definition) is 1. The van der Waals surface area contributed by atoms with Crippen molar-refractivity contribution in [3.05, 3.63) is 42.5 Å². The van der Waals surface area contributed by atoms with E-state index in [1.54, 1.807) is 0 Å². The Bertz CT molecular complexity index is 441. The van der Waals surface area contributed by atoms with Gasteiger partial charge in [-0.3, -0.25) is 0 Å². The van der Waals surface area contributed by atoms with Gasteiger partial charge >= 0.3 is 6.03 Å². The monoisotopic (exact) mass is 228 g/mol. The number of benzene rings is 1. The van der Waals surface area contributed by atoms with E-state index in [2.05, 4.69) is 22.8 Å². The number of hydrogen-bond donors (Lipinski definition) is 2. The largest absolute Gasteiger partial charge is 0.335 e. The third kappa shape index (κ3) is 2.18. The zero-order valence-corrected chi connectivity index (χ0v) is 9.60. The molecular weight excluding hydrogens is 212 g/mol. The fourth-order valence-electron chi connectivity index (χ4n) is 2.80. The van der Waals surface area contributed by atoms with Crippen molar-refractivity contribution < 1.29 is 4.79 Å². The van der Waals surface area contributed by atoms with E-state index in [1.807, 2.05) is 30.3 Å². The van der Waals surface area contributed by atoms with Gasteiger partial charge in [-0.05, 0) is 36.8 Å². The first kappa shape index (κ1) is 10.4. The van der Waals surface area contributed by atoms with Crippen LogP contribution in [0, 0.1) is 11.8 Å². The predicted molar refractivity (Wildman–Crippen MR) is 67.7 cm³/mol. The van der Waals surface area contributed by atoms with E-state index in [4.69, 9.17) is 0 Å². The summed E-state index contributed by atoms with van der Waals surface area (Å²) >= 11 is 0. The van der Waals surface area contributed by atoms with Crippen LogP contribution in [0.3, 0.4) is 0 Å². The van der Waals surface area contributed by atoms with E-state index >= 15 is 0 Å². The maximum atomic E-state index is 11.8. The van der Waals surface area contributed by atoms with Crippen LogP contribution in [0.15, 0.2) is 42.5 Å². The van der Waals surface area contributed by atoms with E-state index < -0.39 is 0 Å². The average Bonchev–Trinajstić information content (AvgIpc) is 2.92. The SMILES string of the molecule is O=C(Nc1ccccc1)NC1CC2C=CC1C2. The van der Waals surface area contributed by atoms with E-state index in [9.17, 15) is 4.79 Å². The maximum absolute atomic E-state index is 11.8. The summed E-state index contributed by atoms with van der Waals surface area (Å²) in [5.74, 6) is 1.23. The van der Waals surface area contributed by atoms with Crippen molar-refractivity contribution in [2.24, 2.45) is 11.8 Å². The minimum atomic E-state index is -0.0952. The number of para-hydroxylation sites is 1. The van der Waals surface area contributed by atoms with Crippen molar-refractivity contribution >= 4 is 11.7 Å². The molecule has 17 heavy (non-hydrogen) atoms. The molecule has 0 radical (unpaired) electrons. The smallest absolute Gasteiger partial charge is 0.319 e. The molecule has 3 rings (SSSR count). The molecule has 3 atom stereocenters. The summed E-state index contributed by atoms with van der Waals surface area (Å²) in [7, 11) is 0. The Morgan fingerprint density at radius 2 is 1.94 bits per heavy atom. The number of fused-ring (bicyclic) bond motifs is 2. The van der Waals surface area contributed by atoms with Crippen LogP contribution in [0.2, 0.25) is 0 Å². The van der Waals surface area contributed by atoms with Crippen molar-refractivity contribution in [3.63, 3.8) is 0 Å². The summed E-state index contributed by atoms with van der Waals surface area (Å²) in [4.78, 5) is 11.8. The molecule has 1 fully saturated rings. The molecule has 2 aliphatic carbocycles. The topological polar surface area (TPSA) is 41.1 Å². The molecule has 0 aliphatic heterocycles. The Balaban J connectivity index is 1.56. The first-order valence-electron chi connectivity index (χ1n) is 6.12. The van der Waals surface area contributed by atoms with Crippen LogP contribution < -0.4 is 10.6 Å². The van der Waals surface area contributed by atoms with Gasteiger partial charge in [-0.25, -0.2) is 4.79 Å². The highest BCUT2D eigenvalue weighted by Crippen LogP contribution is 2.38. The first-order valence-corrected chi connectivity index (χ1v) is 6.12. The van der Waals surface area contributed by atoms with Gasteiger partial charge in [0.15, 0.2) is 0 Å². The molecule has 1 aromatic rings. The number of rotatable bonds is 2. The number of nitrogens with one attached hydrogen (secondary N) is 2. The van der Waals surface area contributed by atoms with Crippen molar-refractivity contribution in [2.75, 3.05) is 5.32 Å². The van der Waals surface area contributed by atoms with Gasteiger partial charge in [0, 0.05) is 11.7 Å². The summed E-state index contributed by atoms with van der Waals surface area (Å²) in [5.41, 5.74) is 0.837. The molecular formula is C14H16N2O. The standard InChI is InChI=1S/C14H16N2O/c17-14(15-12-4-2-1-3-5-12)16-13-9-10-6-7-11(13)8-10/h1-7,10-11,13H,8-9H2,(H2,15,16,17). The molecule has 3 nitrogen and oxygen atoms in total. The van der Waals surface area contributed by atoms with Crippen molar-refractivity contribution in [1.29, 1.82) is 0 Å². The van der Waals surface area contributed by atoms with Gasteiger partial charge in [0.2, 0.25) is 0 Å². The quantitative estimate of drug-likeness (QED) is 0.751. The number of carbonyl (C=O) groups excluding carboxylic acids is 1. The highest BCUT2D eigenvalue weighted by molar-refractivity contribution is 5.89. The zero-order chi connectivity index (χ0) is 11.7. The number of urea groups is 1. The molecule has 0 saturated heterocycles. The molecule has 3 unspecified atom stereocenters. The van der Waals surface area contributed by atoms with Crippen molar-refractivity contribution in [3.8, 4) is 0 Å². The lowest BCUT2D eigenvalue weighted by atomic mass is 10.0. The van der Waals surface area contributed by atoms with Crippen LogP contribution in [-0.4, -0.2) is 12.1 Å². The Labute approximate surface area is 101 Å². The van der Waals surface area contributed by atoms with Gasteiger partial charge in [-0.2, -0.15) is 0 Å². The Kier molecular flexibility index (Phi) is 2.59. The Morgan fingerprint density at radius 1 is 1.12 bits per heavy atom. The fraction of sp³-hybridized carbons (Fsp3) is 0.357. The highest BCUT2D eigenvalue weighted by atomic mass is 16.2. The van der Waals surface area contributed by atoms with Gasteiger partial charge in [0.1, 0.15) is 0 Å². The molecule has 2 amide bonds. The second-order valence-corrected chi connectivity index (χ2v) is 4.85. The molecule has 1 saturated carbocycles. The van der Waals surface area contributed by atoms with Crippen LogP contribution in [0.25, 0.3) is 0 Å². The summed E-state index contributed by atoms with van der Waals surface area (Å²) in [5, 5.41) is 5.91. The molecule has 0 aromatic heterocycles. The zero-order valence-electron chi connectivity index (χ0n) is 9.60. The van der Waals surface area contributed by atoms with Gasteiger partial charge in [0.05, 0.1) is 0 Å². The van der Waals surface area contributed by atoms with E-state index in [0.29, 0.717) is 17.9 Å². The van der Waals surface area contributed by atoms with E-state index in [0.717, 1.165) is 12.1 Å². The van der Waals surface area contributed by atoms with Crippen LogP contribution in [0.5, 0.6) is 0 Å². The molecule has 2 N–H and O–H groups in total. The summed E-state index contributed by atoms with van der Waals surface area (Å²) in [6.07, 6.45) is 6.80. The van der Waals surface area contributed by atoms with Gasteiger partial charge in [0.25, 0.3) is 0 Å². The van der Waals surface area contributed by atoms with Gasteiger partial charge in [-0.15, -0.1) is 0 Å². The van der Waals surface area contributed by atoms with Crippen LogP contribution >= 0.6 is 0 Å². The predicted octanol–water partition coefficient (Wildman–Crippen LogP) is 2.77. The van der Waals surface area contributed by atoms with Gasteiger partial charge < -0.3 is 10.6 Å². The van der Waals surface area contributed by atoms with Crippen molar-refractivity contribution in [2.45, 2.75) is 18.9 Å². The summed E-state index contributed by atoms with van der Waals surface area (Å²) in [6, 6.07) is 9.76. The first-order chi connectivity index (χ1) is 8.31. The third-order valence-electron chi connectivity index (χ3n) is 3.63. The molecule has 2 aliphatic rings. The third-order valence-corrected chi connectivity index (χ3v) is 3.63. The average molecular weight is 228 g/mol. The normalized spacial score (nSPS) is 29.3.